The molecule has 3 aromatic rings. The van der Waals surface area contributed by atoms with E-state index in [1.54, 1.807) is 32.3 Å². The van der Waals surface area contributed by atoms with Crippen LogP contribution in [-0.2, 0) is 11.2 Å². The second-order valence-corrected chi connectivity index (χ2v) is 9.85. The first kappa shape index (κ1) is 18.9. The number of nitrogens with zero attached hydrogens (tertiary/aromatic N) is 4. The van der Waals surface area contributed by atoms with Crippen LogP contribution < -0.4 is 0 Å². The molecule has 32 heavy (non-hydrogen) atoms. The Morgan fingerprint density at radius 1 is 1.12 bits per heavy atom. The van der Waals surface area contributed by atoms with Gasteiger partial charge >= 0.3 is 0 Å². The van der Waals surface area contributed by atoms with Crippen molar-refractivity contribution in [2.45, 2.75) is 51.7 Å². The fraction of sp³-hybridized carbons (Fsp3) is 0.480. The Balaban J connectivity index is 1.80. The summed E-state index contributed by atoms with van der Waals surface area (Å²) in [5, 5.41) is 26.5. The topological polar surface area (TPSA) is 95.5 Å². The number of likely N-dealkylation sites (tertiary alicyclic amines) is 1. The van der Waals surface area contributed by atoms with Gasteiger partial charge in [0.25, 0.3) is 5.89 Å². The van der Waals surface area contributed by atoms with E-state index in [4.69, 9.17) is 8.64 Å². The average molecular weight is 440 g/mol. The summed E-state index contributed by atoms with van der Waals surface area (Å²) in [7, 11) is 0. The molecule has 1 saturated heterocycles. The van der Waals surface area contributed by atoms with Crippen LogP contribution >= 0.6 is 0 Å². The molecule has 2 N–H and O–H groups in total. The first-order chi connectivity index (χ1) is 16.1. The molecule has 7 nitrogen and oxygen atoms in total. The van der Waals surface area contributed by atoms with Crippen molar-refractivity contribution >= 4 is 0 Å². The lowest BCUT2D eigenvalue weighted by Crippen LogP contribution is -2.63. The SMILES string of the molecule is [2H]C([2H])([2H])N1CC(C)([C@](O)(c2ccc(C(C)C)cc2)c2cncc(-c3noc(C(C)(C)O)n3)c2)C1. The summed E-state index contributed by atoms with van der Waals surface area (Å²) in [5.74, 6) is 0.629. The van der Waals surface area contributed by atoms with Crippen molar-refractivity contribution in [1.29, 1.82) is 0 Å². The number of aromatic nitrogens is 3. The van der Waals surface area contributed by atoms with Crippen LogP contribution in [0, 0.1) is 5.41 Å². The van der Waals surface area contributed by atoms with Crippen LogP contribution in [0.4, 0.5) is 0 Å². The Hall–Kier alpha value is -2.61. The maximum absolute atomic E-state index is 12.4. The minimum atomic E-state index is -2.24. The molecule has 0 spiro atoms. The highest BCUT2D eigenvalue weighted by Crippen LogP contribution is 2.50. The molecule has 1 aliphatic rings. The van der Waals surface area contributed by atoms with Crippen molar-refractivity contribution in [1.82, 2.24) is 20.0 Å². The Bertz CT molecular complexity index is 1200. The predicted octanol–water partition coefficient (Wildman–Crippen LogP) is 3.67. The highest BCUT2D eigenvalue weighted by atomic mass is 16.5. The maximum Gasteiger partial charge on any atom is 0.258 e. The molecule has 0 unspecified atom stereocenters. The Morgan fingerprint density at radius 3 is 2.38 bits per heavy atom. The summed E-state index contributed by atoms with van der Waals surface area (Å²) < 4.78 is 28.5. The fourth-order valence-electron chi connectivity index (χ4n) is 4.35. The monoisotopic (exact) mass is 439 g/mol. The average Bonchev–Trinajstić information content (AvgIpc) is 3.27. The van der Waals surface area contributed by atoms with Gasteiger partial charge in [-0.3, -0.25) is 4.98 Å². The normalized spacial score (nSPS) is 20.2. The van der Waals surface area contributed by atoms with Crippen LogP contribution in [0.15, 0.2) is 47.2 Å². The molecule has 1 atom stereocenters. The summed E-state index contributed by atoms with van der Waals surface area (Å²) in [6.45, 7) is 7.31. The van der Waals surface area contributed by atoms with Crippen molar-refractivity contribution in [2.75, 3.05) is 20.1 Å². The van der Waals surface area contributed by atoms with Gasteiger partial charge in [0.05, 0.1) is 0 Å². The largest absolute Gasteiger partial charge is 0.381 e. The Kier molecular flexibility index (Phi) is 4.59. The molecule has 0 aliphatic carbocycles. The van der Waals surface area contributed by atoms with E-state index in [-0.39, 0.29) is 24.8 Å². The van der Waals surface area contributed by atoms with Gasteiger partial charge < -0.3 is 19.6 Å². The van der Waals surface area contributed by atoms with Crippen LogP contribution in [0.1, 0.15) is 67.2 Å². The van der Waals surface area contributed by atoms with Crippen LogP contribution in [0.3, 0.4) is 0 Å². The van der Waals surface area contributed by atoms with Gasteiger partial charge in [0.1, 0.15) is 11.2 Å². The lowest BCUT2D eigenvalue weighted by molar-refractivity contribution is -0.127. The lowest BCUT2D eigenvalue weighted by Gasteiger charge is -2.55. The highest BCUT2D eigenvalue weighted by molar-refractivity contribution is 5.56. The fourth-order valence-corrected chi connectivity index (χ4v) is 4.35. The van der Waals surface area contributed by atoms with Crippen molar-refractivity contribution in [3.8, 4) is 11.4 Å². The molecule has 1 aliphatic heterocycles. The Morgan fingerprint density at radius 2 is 1.81 bits per heavy atom. The smallest absolute Gasteiger partial charge is 0.258 e. The molecule has 0 bridgehead atoms. The van der Waals surface area contributed by atoms with E-state index in [0.717, 1.165) is 5.56 Å². The molecule has 0 radical (unpaired) electrons. The van der Waals surface area contributed by atoms with Gasteiger partial charge in [-0.05, 0) is 43.9 Å². The first-order valence-corrected chi connectivity index (χ1v) is 10.8. The maximum atomic E-state index is 12.4. The zero-order chi connectivity index (χ0) is 25.8. The number of pyridine rings is 1. The highest BCUT2D eigenvalue weighted by Gasteiger charge is 2.55. The molecule has 4 rings (SSSR count). The minimum absolute atomic E-state index is 0.0664. The van der Waals surface area contributed by atoms with E-state index < -0.39 is 23.6 Å². The van der Waals surface area contributed by atoms with Crippen molar-refractivity contribution in [2.24, 2.45) is 5.41 Å². The van der Waals surface area contributed by atoms with E-state index in [1.165, 1.54) is 4.90 Å². The summed E-state index contributed by atoms with van der Waals surface area (Å²) in [5.41, 5.74) is -0.834. The van der Waals surface area contributed by atoms with Crippen LogP contribution in [-0.4, -0.2) is 50.3 Å². The first-order valence-electron chi connectivity index (χ1n) is 12.3. The molecule has 3 heterocycles. The number of aliphatic hydroxyl groups is 2. The van der Waals surface area contributed by atoms with Gasteiger partial charge in [0.2, 0.25) is 5.82 Å². The number of hydrogen-bond donors (Lipinski definition) is 2. The van der Waals surface area contributed by atoms with Crippen LogP contribution in [0.25, 0.3) is 11.4 Å². The molecule has 7 heteroatoms. The molecule has 2 aromatic heterocycles. The predicted molar refractivity (Wildman–Crippen MR) is 122 cm³/mol. The zero-order valence-corrected chi connectivity index (χ0v) is 19.1. The third-order valence-corrected chi connectivity index (χ3v) is 6.31. The number of rotatable bonds is 6. The summed E-state index contributed by atoms with van der Waals surface area (Å²) in [6, 6.07) is 9.50. The second kappa shape index (κ2) is 7.76. The zero-order valence-electron chi connectivity index (χ0n) is 22.1. The number of benzene rings is 1. The van der Waals surface area contributed by atoms with Gasteiger partial charge in [0.15, 0.2) is 0 Å². The molecule has 1 fully saturated rings. The van der Waals surface area contributed by atoms with Crippen molar-refractivity contribution in [3.63, 3.8) is 0 Å². The third kappa shape index (κ3) is 3.74. The Labute approximate surface area is 193 Å². The molecular formula is C25H32N4O3. The van der Waals surface area contributed by atoms with Gasteiger partial charge in [0, 0.05) is 46.1 Å². The second-order valence-electron chi connectivity index (χ2n) is 9.85. The van der Waals surface area contributed by atoms with Gasteiger partial charge in [-0.1, -0.05) is 50.2 Å². The van der Waals surface area contributed by atoms with E-state index in [1.807, 2.05) is 31.2 Å². The molecule has 0 amide bonds. The van der Waals surface area contributed by atoms with E-state index in [0.29, 0.717) is 22.6 Å². The van der Waals surface area contributed by atoms with Gasteiger partial charge in [-0.2, -0.15) is 4.98 Å². The summed E-state index contributed by atoms with van der Waals surface area (Å²) in [4.78, 5) is 10.0. The van der Waals surface area contributed by atoms with Crippen molar-refractivity contribution in [3.05, 3.63) is 65.3 Å². The van der Waals surface area contributed by atoms with Crippen molar-refractivity contribution < 1.29 is 18.8 Å². The lowest BCUT2D eigenvalue weighted by atomic mass is 9.62. The van der Waals surface area contributed by atoms with Gasteiger partial charge in [-0.15, -0.1) is 0 Å². The van der Waals surface area contributed by atoms with Crippen LogP contribution in [0.5, 0.6) is 0 Å². The van der Waals surface area contributed by atoms with E-state index in [2.05, 4.69) is 29.0 Å². The van der Waals surface area contributed by atoms with E-state index in [9.17, 15) is 10.2 Å². The third-order valence-electron chi connectivity index (χ3n) is 6.31. The summed E-state index contributed by atoms with van der Waals surface area (Å²) in [6.07, 6.45) is 3.14. The molecule has 0 saturated carbocycles. The van der Waals surface area contributed by atoms with Gasteiger partial charge in [-0.25, -0.2) is 0 Å². The molecule has 1 aromatic carbocycles. The standard InChI is InChI=1S/C25H32N4O3/c1-16(2)17-7-9-19(10-8-17)25(31,24(5)14-29(6)15-24)20-11-18(12-26-13-20)21-27-22(32-28-21)23(3,4)30/h7-13,16,30-31H,14-15H2,1-6H3/t25-/m0/s1/i6D3. The molecule has 170 valence electrons. The minimum Gasteiger partial charge on any atom is -0.381 e. The number of hydrogen-bond acceptors (Lipinski definition) is 7. The molecular weight excluding hydrogens is 404 g/mol. The quantitative estimate of drug-likeness (QED) is 0.605. The van der Waals surface area contributed by atoms with E-state index >= 15 is 0 Å². The van der Waals surface area contributed by atoms with Crippen LogP contribution in [0.2, 0.25) is 0 Å². The summed E-state index contributed by atoms with van der Waals surface area (Å²) >= 11 is 0.